The minimum absolute atomic E-state index is 0.164. The Kier molecular flexibility index (Phi) is 4.50. The van der Waals surface area contributed by atoms with E-state index in [-0.39, 0.29) is 25.1 Å². The Morgan fingerprint density at radius 3 is 2.90 bits per heavy atom. The highest BCUT2D eigenvalue weighted by molar-refractivity contribution is 5.46. The van der Waals surface area contributed by atoms with Gasteiger partial charge in [0, 0.05) is 19.2 Å². The van der Waals surface area contributed by atoms with Crippen molar-refractivity contribution in [2.75, 3.05) is 13.2 Å². The summed E-state index contributed by atoms with van der Waals surface area (Å²) < 4.78 is 6.57. The topological polar surface area (TPSA) is 131 Å². The van der Waals surface area contributed by atoms with Crippen molar-refractivity contribution in [3.05, 3.63) is 38.7 Å². The van der Waals surface area contributed by atoms with Gasteiger partial charge in [0.25, 0.3) is 5.56 Å². The lowest BCUT2D eigenvalue weighted by Gasteiger charge is -2.14. The van der Waals surface area contributed by atoms with E-state index in [1.165, 1.54) is 16.8 Å². The van der Waals surface area contributed by atoms with Crippen LogP contribution in [0.2, 0.25) is 0 Å². The second kappa shape index (κ2) is 6.14. The molecule has 0 spiro atoms. The van der Waals surface area contributed by atoms with Gasteiger partial charge < -0.3 is 20.7 Å². The fourth-order valence-corrected chi connectivity index (χ4v) is 2.08. The zero-order valence-corrected chi connectivity index (χ0v) is 10.7. The Morgan fingerprint density at radius 2 is 2.30 bits per heavy atom. The fourth-order valence-electron chi connectivity index (χ4n) is 2.08. The highest BCUT2D eigenvalue weighted by Crippen LogP contribution is 2.27. The number of hydrogen-bond acceptors (Lipinski definition) is 6. The molecule has 0 bridgehead atoms. The average molecular weight is 283 g/mol. The molecule has 1 aliphatic rings. The second-order valence-electron chi connectivity index (χ2n) is 4.50. The molecular formula is C12H17N3O5. The van der Waals surface area contributed by atoms with E-state index in [1.54, 1.807) is 6.08 Å². The first-order valence-electron chi connectivity index (χ1n) is 6.23. The van der Waals surface area contributed by atoms with Crippen LogP contribution >= 0.6 is 0 Å². The molecule has 8 heteroatoms. The summed E-state index contributed by atoms with van der Waals surface area (Å²) in [4.78, 5) is 25.6. The van der Waals surface area contributed by atoms with Gasteiger partial charge in [0.2, 0.25) is 0 Å². The molecule has 1 saturated heterocycles. The van der Waals surface area contributed by atoms with Crippen molar-refractivity contribution in [3.63, 3.8) is 0 Å². The number of nitrogens with zero attached hydrogens (tertiary/aromatic N) is 1. The van der Waals surface area contributed by atoms with Gasteiger partial charge in [-0.25, -0.2) is 4.79 Å². The third-order valence-electron chi connectivity index (χ3n) is 3.12. The van der Waals surface area contributed by atoms with E-state index in [2.05, 4.69) is 4.98 Å². The maximum atomic E-state index is 11.8. The van der Waals surface area contributed by atoms with Gasteiger partial charge in [-0.3, -0.25) is 14.3 Å². The van der Waals surface area contributed by atoms with Crippen molar-refractivity contribution < 1.29 is 14.9 Å². The molecule has 8 nitrogen and oxygen atoms in total. The third kappa shape index (κ3) is 2.88. The highest BCUT2D eigenvalue weighted by atomic mass is 16.5. The van der Waals surface area contributed by atoms with E-state index in [9.17, 15) is 14.7 Å². The number of ether oxygens (including phenoxy) is 1. The summed E-state index contributed by atoms with van der Waals surface area (Å²) in [6, 6.07) is 0. The van der Waals surface area contributed by atoms with Crippen LogP contribution in [-0.4, -0.2) is 45.1 Å². The van der Waals surface area contributed by atoms with E-state index < -0.39 is 29.7 Å². The van der Waals surface area contributed by atoms with E-state index in [4.69, 9.17) is 15.6 Å². The van der Waals surface area contributed by atoms with E-state index >= 15 is 0 Å². The van der Waals surface area contributed by atoms with Gasteiger partial charge >= 0.3 is 5.69 Å². The third-order valence-corrected chi connectivity index (χ3v) is 3.12. The van der Waals surface area contributed by atoms with Crippen molar-refractivity contribution in [1.29, 1.82) is 0 Å². The average Bonchev–Trinajstić information content (AvgIpc) is 2.79. The van der Waals surface area contributed by atoms with Gasteiger partial charge in [-0.15, -0.1) is 0 Å². The SMILES string of the molecule is NCC=Cc1cn(C2CC(O)C(CO)O2)c(=O)[nH]c1=O. The number of rotatable bonds is 4. The lowest BCUT2D eigenvalue weighted by molar-refractivity contribution is -0.0459. The molecule has 3 atom stereocenters. The standard InChI is InChI=1S/C12H17N3O5/c13-3-1-2-7-5-15(12(19)14-11(7)18)10-4-8(17)9(6-16)20-10/h1-2,5,8-10,16-17H,3-4,6,13H2,(H,14,18,19). The molecule has 2 heterocycles. The number of aromatic nitrogens is 2. The van der Waals surface area contributed by atoms with Crippen LogP contribution in [0, 0.1) is 0 Å². The Bertz CT molecular complexity index is 606. The summed E-state index contributed by atoms with van der Waals surface area (Å²) in [5.74, 6) is 0. The molecule has 1 aromatic heterocycles. The molecule has 1 fully saturated rings. The Balaban J connectivity index is 2.35. The molecule has 2 rings (SSSR count). The lowest BCUT2D eigenvalue weighted by atomic mass is 10.2. The fraction of sp³-hybridized carbons (Fsp3) is 0.500. The smallest absolute Gasteiger partial charge is 0.330 e. The van der Waals surface area contributed by atoms with Crippen LogP contribution in [0.5, 0.6) is 0 Å². The summed E-state index contributed by atoms with van der Waals surface area (Å²) in [5.41, 5.74) is 4.43. The van der Waals surface area contributed by atoms with Gasteiger partial charge in [-0.1, -0.05) is 12.2 Å². The number of aliphatic hydroxyl groups is 2. The minimum atomic E-state index is -0.855. The van der Waals surface area contributed by atoms with Crippen molar-refractivity contribution in [1.82, 2.24) is 9.55 Å². The largest absolute Gasteiger partial charge is 0.394 e. The molecule has 0 saturated carbocycles. The highest BCUT2D eigenvalue weighted by Gasteiger charge is 2.35. The van der Waals surface area contributed by atoms with Gasteiger partial charge in [-0.05, 0) is 0 Å². The van der Waals surface area contributed by atoms with Crippen LogP contribution in [0.3, 0.4) is 0 Å². The van der Waals surface area contributed by atoms with Gasteiger partial charge in [0.1, 0.15) is 12.3 Å². The monoisotopic (exact) mass is 283 g/mol. The molecule has 1 aromatic rings. The first kappa shape index (κ1) is 14.7. The van der Waals surface area contributed by atoms with Gasteiger partial charge in [-0.2, -0.15) is 0 Å². The predicted octanol–water partition coefficient (Wildman–Crippen LogP) is -1.85. The maximum absolute atomic E-state index is 11.8. The van der Waals surface area contributed by atoms with Crippen LogP contribution in [0.15, 0.2) is 21.9 Å². The van der Waals surface area contributed by atoms with Gasteiger partial charge in [0.15, 0.2) is 0 Å². The Morgan fingerprint density at radius 1 is 1.55 bits per heavy atom. The van der Waals surface area contributed by atoms with E-state index in [0.717, 1.165) is 0 Å². The molecule has 5 N–H and O–H groups in total. The summed E-state index contributed by atoms with van der Waals surface area (Å²) in [6.45, 7) is -0.0699. The molecule has 0 aliphatic carbocycles. The van der Waals surface area contributed by atoms with Crippen LogP contribution in [0.1, 0.15) is 18.2 Å². The zero-order valence-electron chi connectivity index (χ0n) is 10.7. The molecule has 20 heavy (non-hydrogen) atoms. The lowest BCUT2D eigenvalue weighted by Crippen LogP contribution is -2.33. The van der Waals surface area contributed by atoms with Crippen LogP contribution in [-0.2, 0) is 4.74 Å². The summed E-state index contributed by atoms with van der Waals surface area (Å²) in [7, 11) is 0. The molecule has 1 aliphatic heterocycles. The van der Waals surface area contributed by atoms with Crippen molar-refractivity contribution in [3.8, 4) is 0 Å². The van der Waals surface area contributed by atoms with Crippen LogP contribution in [0.25, 0.3) is 6.08 Å². The molecular weight excluding hydrogens is 266 g/mol. The Hall–Kier alpha value is -1.74. The molecule has 0 amide bonds. The summed E-state index contributed by atoms with van der Waals surface area (Å²) >= 11 is 0. The second-order valence-corrected chi connectivity index (χ2v) is 4.50. The number of hydrogen-bond donors (Lipinski definition) is 4. The number of H-pyrrole nitrogens is 1. The number of nitrogens with one attached hydrogen (secondary N) is 1. The van der Waals surface area contributed by atoms with Crippen molar-refractivity contribution in [2.45, 2.75) is 24.9 Å². The minimum Gasteiger partial charge on any atom is -0.394 e. The van der Waals surface area contributed by atoms with Crippen LogP contribution in [0.4, 0.5) is 0 Å². The summed E-state index contributed by atoms with van der Waals surface area (Å²) in [6.07, 6.45) is 2.29. The van der Waals surface area contributed by atoms with Gasteiger partial charge in [0.05, 0.1) is 18.3 Å². The first-order valence-corrected chi connectivity index (χ1v) is 6.23. The Labute approximate surface area is 114 Å². The maximum Gasteiger partial charge on any atom is 0.330 e. The first-order chi connectivity index (χ1) is 9.56. The molecule has 0 radical (unpaired) electrons. The zero-order chi connectivity index (χ0) is 14.7. The van der Waals surface area contributed by atoms with Crippen molar-refractivity contribution in [2.24, 2.45) is 5.73 Å². The van der Waals surface area contributed by atoms with Crippen LogP contribution < -0.4 is 17.0 Å². The predicted molar refractivity (Wildman–Crippen MR) is 71.0 cm³/mol. The molecule has 110 valence electrons. The van der Waals surface area contributed by atoms with E-state index in [1.807, 2.05) is 0 Å². The number of aromatic amines is 1. The quantitative estimate of drug-likeness (QED) is 0.513. The molecule has 3 unspecified atom stereocenters. The summed E-state index contributed by atoms with van der Waals surface area (Å²) in [5, 5.41) is 18.7. The van der Waals surface area contributed by atoms with Crippen molar-refractivity contribution >= 4 is 6.08 Å². The van der Waals surface area contributed by atoms with E-state index in [0.29, 0.717) is 0 Å². The molecule has 0 aromatic carbocycles. The number of aliphatic hydroxyl groups excluding tert-OH is 2. The number of nitrogens with two attached hydrogens (primary N) is 1. The normalized spacial score (nSPS) is 26.4.